The van der Waals surface area contributed by atoms with Gasteiger partial charge >= 0.3 is 5.97 Å². The van der Waals surface area contributed by atoms with Gasteiger partial charge in [0.1, 0.15) is 12.3 Å². The fourth-order valence-electron chi connectivity index (χ4n) is 2.99. The van der Waals surface area contributed by atoms with Crippen LogP contribution in [0.25, 0.3) is 10.2 Å². The van der Waals surface area contributed by atoms with Crippen LogP contribution in [-0.4, -0.2) is 35.9 Å². The van der Waals surface area contributed by atoms with E-state index in [1.54, 1.807) is 30.4 Å². The molecule has 0 saturated carbocycles. The molecule has 0 aliphatic rings. The lowest BCUT2D eigenvalue weighted by Gasteiger charge is -2.06. The van der Waals surface area contributed by atoms with E-state index in [-0.39, 0.29) is 18.4 Å². The third-order valence-corrected chi connectivity index (χ3v) is 6.81. The Hall–Kier alpha value is -2.58. The number of methoxy groups -OCH3 is 1. The first-order valence-corrected chi connectivity index (χ1v) is 11.8. The molecule has 6 nitrogen and oxygen atoms in total. The van der Waals surface area contributed by atoms with Gasteiger partial charge in [0.15, 0.2) is 4.80 Å². The maximum absolute atomic E-state index is 12.6. The van der Waals surface area contributed by atoms with Gasteiger partial charge in [-0.3, -0.25) is 9.59 Å². The molecule has 0 fully saturated rings. The minimum absolute atomic E-state index is 0.0308. The summed E-state index contributed by atoms with van der Waals surface area (Å²) in [4.78, 5) is 30.6. The summed E-state index contributed by atoms with van der Waals surface area (Å²) in [6.07, 6.45) is 0.308. The first-order valence-electron chi connectivity index (χ1n) is 10.0. The van der Waals surface area contributed by atoms with Crippen molar-refractivity contribution in [2.75, 3.05) is 19.5 Å². The molecule has 0 bridgehead atoms. The summed E-state index contributed by atoms with van der Waals surface area (Å²) < 4.78 is 13.0. The van der Waals surface area contributed by atoms with Crippen molar-refractivity contribution in [2.24, 2.45) is 4.99 Å². The van der Waals surface area contributed by atoms with Crippen LogP contribution in [0.1, 0.15) is 24.5 Å². The van der Waals surface area contributed by atoms with E-state index in [0.717, 1.165) is 32.0 Å². The number of hydrogen-bond acceptors (Lipinski definition) is 6. The molecular weight excluding hydrogens is 432 g/mol. The Labute approximate surface area is 189 Å². The summed E-state index contributed by atoms with van der Waals surface area (Å²) in [5.41, 5.74) is 3.17. The van der Waals surface area contributed by atoms with E-state index in [0.29, 0.717) is 23.6 Å². The van der Waals surface area contributed by atoms with Gasteiger partial charge in [0, 0.05) is 17.1 Å². The van der Waals surface area contributed by atoms with Crippen LogP contribution < -0.4 is 9.54 Å². The van der Waals surface area contributed by atoms with Crippen LogP contribution >= 0.6 is 23.1 Å². The van der Waals surface area contributed by atoms with Crippen molar-refractivity contribution >= 4 is 45.2 Å². The van der Waals surface area contributed by atoms with Crippen molar-refractivity contribution in [3.05, 3.63) is 52.3 Å². The van der Waals surface area contributed by atoms with Gasteiger partial charge in [-0.25, -0.2) is 0 Å². The number of benzene rings is 2. The van der Waals surface area contributed by atoms with Gasteiger partial charge in [-0.2, -0.15) is 4.99 Å². The Morgan fingerprint density at radius 1 is 1.13 bits per heavy atom. The topological polar surface area (TPSA) is 69.9 Å². The van der Waals surface area contributed by atoms with E-state index in [4.69, 9.17) is 9.47 Å². The molecule has 8 heteroatoms. The Balaban J connectivity index is 1.80. The van der Waals surface area contributed by atoms with Crippen molar-refractivity contribution in [3.8, 4) is 5.75 Å². The van der Waals surface area contributed by atoms with Gasteiger partial charge in [0.2, 0.25) is 5.91 Å². The molecular formula is C23H26N2O4S2. The van der Waals surface area contributed by atoms with Crippen molar-refractivity contribution in [1.82, 2.24) is 4.57 Å². The highest BCUT2D eigenvalue weighted by atomic mass is 32.2. The standard InChI is InChI=1S/C23H26N2O4S2/c1-5-29-22(27)14-25-19-12-15(2)16(3)13-20(19)31-23(25)24-21(26)10-11-30-18-8-6-17(28-4)7-9-18/h6-9,12-13H,5,10-11,14H2,1-4H3. The second-order valence-corrected chi connectivity index (χ2v) is 9.14. The van der Waals surface area contributed by atoms with Crippen molar-refractivity contribution in [3.63, 3.8) is 0 Å². The monoisotopic (exact) mass is 458 g/mol. The van der Waals surface area contributed by atoms with E-state index in [1.165, 1.54) is 11.3 Å². The first-order chi connectivity index (χ1) is 14.9. The number of aryl methyl sites for hydroxylation is 2. The predicted molar refractivity (Wildman–Crippen MR) is 125 cm³/mol. The number of fused-ring (bicyclic) bond motifs is 1. The Bertz CT molecular complexity index is 1150. The number of esters is 1. The van der Waals surface area contributed by atoms with Gasteiger partial charge in [-0.1, -0.05) is 11.3 Å². The number of nitrogens with zero attached hydrogens (tertiary/aromatic N) is 2. The van der Waals surface area contributed by atoms with Crippen molar-refractivity contribution in [1.29, 1.82) is 0 Å². The molecule has 1 heterocycles. The zero-order valence-corrected chi connectivity index (χ0v) is 19.8. The number of carbonyl (C=O) groups excluding carboxylic acids is 2. The van der Waals surface area contributed by atoms with Gasteiger partial charge in [-0.05, 0) is 68.3 Å². The Morgan fingerprint density at radius 2 is 1.84 bits per heavy atom. The smallest absolute Gasteiger partial charge is 0.326 e. The molecule has 0 aliphatic heterocycles. The zero-order chi connectivity index (χ0) is 22.4. The molecule has 164 valence electrons. The molecule has 0 unspecified atom stereocenters. The highest BCUT2D eigenvalue weighted by molar-refractivity contribution is 7.99. The quantitative estimate of drug-likeness (QED) is 0.367. The van der Waals surface area contributed by atoms with Crippen LogP contribution in [0, 0.1) is 13.8 Å². The summed E-state index contributed by atoms with van der Waals surface area (Å²) in [5, 5.41) is 0. The maximum atomic E-state index is 12.6. The molecule has 1 aromatic heterocycles. The SMILES string of the molecule is CCOC(=O)Cn1c(=NC(=O)CCSc2ccc(OC)cc2)sc2cc(C)c(C)cc21. The van der Waals surface area contributed by atoms with Crippen molar-refractivity contribution < 1.29 is 19.1 Å². The van der Waals surface area contributed by atoms with Gasteiger partial charge in [0.25, 0.3) is 0 Å². The van der Waals surface area contributed by atoms with E-state index in [2.05, 4.69) is 11.1 Å². The molecule has 31 heavy (non-hydrogen) atoms. The van der Waals surface area contributed by atoms with Crippen LogP contribution in [0.2, 0.25) is 0 Å². The number of thiazole rings is 1. The molecule has 0 aliphatic carbocycles. The van der Waals surface area contributed by atoms with E-state index in [9.17, 15) is 9.59 Å². The van der Waals surface area contributed by atoms with Crippen LogP contribution in [0.15, 0.2) is 46.3 Å². The number of hydrogen-bond donors (Lipinski definition) is 0. The summed E-state index contributed by atoms with van der Waals surface area (Å²) >= 11 is 3.01. The molecule has 1 amide bonds. The third-order valence-electron chi connectivity index (χ3n) is 4.76. The molecule has 3 aromatic rings. The second-order valence-electron chi connectivity index (χ2n) is 6.96. The molecule has 0 atom stereocenters. The fraction of sp³-hybridized carbons (Fsp3) is 0.348. The van der Waals surface area contributed by atoms with Crippen molar-refractivity contribution in [2.45, 2.75) is 38.6 Å². The Morgan fingerprint density at radius 3 is 2.52 bits per heavy atom. The average Bonchev–Trinajstić information content (AvgIpc) is 3.04. The van der Waals surface area contributed by atoms with Crippen LogP contribution in [0.3, 0.4) is 0 Å². The van der Waals surface area contributed by atoms with Gasteiger partial charge < -0.3 is 14.0 Å². The number of rotatable bonds is 8. The zero-order valence-electron chi connectivity index (χ0n) is 18.1. The van der Waals surface area contributed by atoms with E-state index < -0.39 is 0 Å². The molecule has 2 aromatic carbocycles. The van der Waals surface area contributed by atoms with Gasteiger partial charge in [-0.15, -0.1) is 11.8 Å². The number of carbonyl (C=O) groups is 2. The molecule has 0 spiro atoms. The highest BCUT2D eigenvalue weighted by Crippen LogP contribution is 2.23. The van der Waals surface area contributed by atoms with Gasteiger partial charge in [0.05, 0.1) is 23.9 Å². The van der Waals surface area contributed by atoms with Crippen LogP contribution in [0.4, 0.5) is 0 Å². The largest absolute Gasteiger partial charge is 0.497 e. The molecule has 0 N–H and O–H groups in total. The number of amides is 1. The average molecular weight is 459 g/mol. The highest BCUT2D eigenvalue weighted by Gasteiger charge is 2.13. The molecule has 0 saturated heterocycles. The minimum atomic E-state index is -0.343. The normalized spacial score (nSPS) is 11.7. The lowest BCUT2D eigenvalue weighted by atomic mass is 10.1. The number of ether oxygens (including phenoxy) is 2. The minimum Gasteiger partial charge on any atom is -0.497 e. The maximum Gasteiger partial charge on any atom is 0.326 e. The molecule has 3 rings (SSSR count). The van der Waals surface area contributed by atoms with E-state index >= 15 is 0 Å². The Kier molecular flexibility index (Phi) is 7.92. The number of thioether (sulfide) groups is 1. The summed E-state index contributed by atoms with van der Waals surface area (Å²) in [7, 11) is 1.63. The van der Waals surface area contributed by atoms with E-state index in [1.807, 2.05) is 44.2 Å². The lowest BCUT2D eigenvalue weighted by Crippen LogP contribution is -2.23. The first kappa shape index (κ1) is 23.1. The third kappa shape index (κ3) is 5.98. The fourth-order valence-corrected chi connectivity index (χ4v) is 4.95. The predicted octanol–water partition coefficient (Wildman–Crippen LogP) is 4.50. The summed E-state index contributed by atoms with van der Waals surface area (Å²) in [6.45, 7) is 6.19. The lowest BCUT2D eigenvalue weighted by molar-refractivity contribution is -0.143. The summed E-state index contributed by atoms with van der Waals surface area (Å²) in [5.74, 6) is 0.871. The van der Waals surface area contributed by atoms with Crippen LogP contribution in [-0.2, 0) is 20.9 Å². The van der Waals surface area contributed by atoms with Crippen LogP contribution in [0.5, 0.6) is 5.75 Å². The molecule has 0 radical (unpaired) electrons. The number of aromatic nitrogens is 1. The summed E-state index contributed by atoms with van der Waals surface area (Å²) in [6, 6.07) is 11.8. The second kappa shape index (κ2) is 10.6.